The molecule has 0 aliphatic carbocycles. The van der Waals surface area contributed by atoms with E-state index in [1.165, 1.54) is 0 Å². The van der Waals surface area contributed by atoms with Gasteiger partial charge in [0.1, 0.15) is 6.10 Å². The first kappa shape index (κ1) is 19.4. The van der Waals surface area contributed by atoms with E-state index in [2.05, 4.69) is 6.58 Å². The van der Waals surface area contributed by atoms with Crippen LogP contribution in [0.3, 0.4) is 0 Å². The third-order valence-electron chi connectivity index (χ3n) is 0.713. The standard InChI is InChI=1S/C3H7ClO.C3H8O3.C3H6/c4-2-1-3-5;4-1-3(6)2-5;1-3-2/h5H,1-3H2;3-6H,1-2H2;3H,1H2,2H3. The molecule has 0 unspecified atom stereocenters. The zero-order valence-electron chi connectivity index (χ0n) is 8.56. The molecule has 0 atom stereocenters. The summed E-state index contributed by atoms with van der Waals surface area (Å²) in [5, 5.41) is 32.0. The van der Waals surface area contributed by atoms with Crippen LogP contribution in [0.1, 0.15) is 13.3 Å². The van der Waals surface area contributed by atoms with E-state index in [0.717, 1.165) is 0 Å². The summed E-state index contributed by atoms with van der Waals surface area (Å²) in [5.74, 6) is 0.566. The molecule has 4 nitrogen and oxygen atoms in total. The highest BCUT2D eigenvalue weighted by atomic mass is 35.5. The van der Waals surface area contributed by atoms with Crippen LogP contribution in [0.2, 0.25) is 0 Å². The minimum atomic E-state index is -0.954. The summed E-state index contributed by atoms with van der Waals surface area (Å²) in [4.78, 5) is 0. The lowest BCUT2D eigenvalue weighted by molar-refractivity contribution is 0.0450. The molecule has 0 bridgehead atoms. The second-order valence-corrected chi connectivity index (χ2v) is 2.57. The summed E-state index contributed by atoms with van der Waals surface area (Å²) in [7, 11) is 0. The van der Waals surface area contributed by atoms with Crippen LogP contribution in [0, 0.1) is 0 Å². The summed E-state index contributed by atoms with van der Waals surface area (Å²) in [6.45, 7) is 4.73. The van der Waals surface area contributed by atoms with Crippen LogP contribution < -0.4 is 0 Å². The van der Waals surface area contributed by atoms with E-state index in [9.17, 15) is 0 Å². The Morgan fingerprint density at radius 1 is 1.29 bits per heavy atom. The van der Waals surface area contributed by atoms with E-state index < -0.39 is 6.10 Å². The van der Waals surface area contributed by atoms with Crippen LogP contribution in [0.25, 0.3) is 0 Å². The molecule has 0 spiro atoms. The number of allylic oxidation sites excluding steroid dienone is 1. The minimum Gasteiger partial charge on any atom is -0.396 e. The Bertz CT molecular complexity index is 84.9. The van der Waals surface area contributed by atoms with Crippen molar-refractivity contribution in [2.24, 2.45) is 0 Å². The zero-order valence-corrected chi connectivity index (χ0v) is 9.32. The molecule has 0 radical (unpaired) electrons. The lowest BCUT2D eigenvalue weighted by Gasteiger charge is -1.96. The lowest BCUT2D eigenvalue weighted by atomic mass is 10.4. The van der Waals surface area contributed by atoms with Gasteiger partial charge in [-0.1, -0.05) is 6.08 Å². The number of aliphatic hydroxyl groups is 4. The zero-order chi connectivity index (χ0) is 11.8. The monoisotopic (exact) mass is 228 g/mol. The second-order valence-electron chi connectivity index (χ2n) is 2.19. The van der Waals surface area contributed by atoms with Gasteiger partial charge in [0, 0.05) is 12.5 Å². The summed E-state index contributed by atoms with van der Waals surface area (Å²) < 4.78 is 0. The Hall–Kier alpha value is -0.130. The predicted molar refractivity (Wildman–Crippen MR) is 58.5 cm³/mol. The molecule has 0 fully saturated rings. The SMILES string of the molecule is C=CC.OCC(O)CO.OCCCCl. The lowest BCUT2D eigenvalue weighted by Crippen LogP contribution is -2.15. The molecular formula is C9H21ClO4. The molecule has 4 N–H and O–H groups in total. The van der Waals surface area contributed by atoms with Crippen molar-refractivity contribution in [1.29, 1.82) is 0 Å². The molecule has 0 aromatic carbocycles. The van der Waals surface area contributed by atoms with Gasteiger partial charge in [-0.25, -0.2) is 0 Å². The van der Waals surface area contributed by atoms with Gasteiger partial charge in [0.2, 0.25) is 0 Å². The Balaban J connectivity index is -0.000000138. The number of alkyl halides is 1. The van der Waals surface area contributed by atoms with E-state index in [4.69, 9.17) is 32.0 Å². The number of halogens is 1. The Labute approximate surface area is 90.5 Å². The maximum absolute atomic E-state index is 8.17. The van der Waals surface area contributed by atoms with Gasteiger partial charge in [0.05, 0.1) is 13.2 Å². The van der Waals surface area contributed by atoms with Crippen molar-refractivity contribution >= 4 is 11.6 Å². The third kappa shape index (κ3) is 40.7. The van der Waals surface area contributed by atoms with Crippen molar-refractivity contribution in [2.45, 2.75) is 19.4 Å². The van der Waals surface area contributed by atoms with Gasteiger partial charge < -0.3 is 20.4 Å². The van der Waals surface area contributed by atoms with Gasteiger partial charge in [-0.2, -0.15) is 0 Å². The summed E-state index contributed by atoms with van der Waals surface area (Å²) >= 11 is 5.14. The molecule has 5 heteroatoms. The molecule has 0 saturated carbocycles. The average Bonchev–Trinajstić information content (AvgIpc) is 2.20. The quantitative estimate of drug-likeness (QED) is 0.407. The highest BCUT2D eigenvalue weighted by Gasteiger charge is 1.93. The molecule has 14 heavy (non-hydrogen) atoms. The van der Waals surface area contributed by atoms with Crippen LogP contribution in [0.4, 0.5) is 0 Å². The van der Waals surface area contributed by atoms with Gasteiger partial charge in [-0.3, -0.25) is 0 Å². The van der Waals surface area contributed by atoms with E-state index in [1.54, 1.807) is 6.08 Å². The van der Waals surface area contributed by atoms with Gasteiger partial charge in [-0.15, -0.1) is 18.2 Å². The van der Waals surface area contributed by atoms with Crippen LogP contribution in [-0.2, 0) is 0 Å². The van der Waals surface area contributed by atoms with Gasteiger partial charge >= 0.3 is 0 Å². The molecule has 0 amide bonds. The van der Waals surface area contributed by atoms with Crippen LogP contribution in [0.5, 0.6) is 0 Å². The highest BCUT2D eigenvalue weighted by molar-refractivity contribution is 6.17. The number of rotatable bonds is 4. The van der Waals surface area contributed by atoms with E-state index in [1.807, 2.05) is 6.92 Å². The maximum atomic E-state index is 8.17. The fraction of sp³-hybridized carbons (Fsp3) is 0.778. The van der Waals surface area contributed by atoms with Crippen LogP contribution in [-0.4, -0.2) is 52.2 Å². The Morgan fingerprint density at radius 2 is 1.64 bits per heavy atom. The largest absolute Gasteiger partial charge is 0.396 e. The van der Waals surface area contributed by atoms with Crippen molar-refractivity contribution in [3.8, 4) is 0 Å². The normalized spacial score (nSPS) is 8.21. The molecular weight excluding hydrogens is 208 g/mol. The van der Waals surface area contributed by atoms with Crippen LogP contribution in [0.15, 0.2) is 12.7 Å². The Kier molecular flexibility index (Phi) is 32.0. The van der Waals surface area contributed by atoms with Gasteiger partial charge in [0.25, 0.3) is 0 Å². The summed E-state index contributed by atoms with van der Waals surface area (Å²) in [6, 6.07) is 0. The van der Waals surface area contributed by atoms with Crippen LogP contribution >= 0.6 is 11.6 Å². The van der Waals surface area contributed by atoms with Crippen molar-refractivity contribution in [3.05, 3.63) is 12.7 Å². The van der Waals surface area contributed by atoms with Crippen molar-refractivity contribution < 1.29 is 20.4 Å². The summed E-state index contributed by atoms with van der Waals surface area (Å²) in [6.07, 6.45) is 1.51. The molecule has 0 aromatic heterocycles. The fourth-order valence-corrected chi connectivity index (χ4v) is 0.237. The van der Waals surface area contributed by atoms with Crippen molar-refractivity contribution in [3.63, 3.8) is 0 Å². The molecule has 0 aliphatic heterocycles. The molecule has 0 saturated heterocycles. The molecule has 0 aromatic rings. The average molecular weight is 229 g/mol. The molecule has 0 rings (SSSR count). The van der Waals surface area contributed by atoms with E-state index in [-0.39, 0.29) is 19.8 Å². The Morgan fingerprint density at radius 3 is 1.64 bits per heavy atom. The van der Waals surface area contributed by atoms with Gasteiger partial charge in [0.15, 0.2) is 0 Å². The van der Waals surface area contributed by atoms with E-state index in [0.29, 0.717) is 12.3 Å². The number of aliphatic hydroxyl groups excluding tert-OH is 4. The smallest absolute Gasteiger partial charge is 0.100 e. The third-order valence-corrected chi connectivity index (χ3v) is 0.981. The molecule has 0 aliphatic rings. The van der Waals surface area contributed by atoms with E-state index >= 15 is 0 Å². The predicted octanol–water partition coefficient (Wildman–Crippen LogP) is 0.132. The molecule has 0 heterocycles. The number of hydrogen-bond acceptors (Lipinski definition) is 4. The summed E-state index contributed by atoms with van der Waals surface area (Å²) in [5.41, 5.74) is 0. The minimum absolute atomic E-state index is 0.212. The molecule has 88 valence electrons. The second kappa shape index (κ2) is 23.0. The topological polar surface area (TPSA) is 80.9 Å². The number of hydrogen-bond donors (Lipinski definition) is 4. The van der Waals surface area contributed by atoms with Crippen molar-refractivity contribution in [1.82, 2.24) is 0 Å². The fourth-order valence-electron chi connectivity index (χ4n) is 0.117. The first-order valence-electron chi connectivity index (χ1n) is 4.28. The first-order chi connectivity index (χ1) is 6.64. The first-order valence-corrected chi connectivity index (χ1v) is 4.81. The van der Waals surface area contributed by atoms with Gasteiger partial charge in [-0.05, 0) is 13.3 Å². The highest BCUT2D eigenvalue weighted by Crippen LogP contribution is 1.77. The van der Waals surface area contributed by atoms with Crippen molar-refractivity contribution in [2.75, 3.05) is 25.7 Å². The maximum Gasteiger partial charge on any atom is 0.100 e.